The van der Waals surface area contributed by atoms with Crippen LogP contribution in [0.2, 0.25) is 5.02 Å². The van der Waals surface area contributed by atoms with Crippen LogP contribution in [-0.2, 0) is 0 Å². The third-order valence-electron chi connectivity index (χ3n) is 2.92. The van der Waals surface area contributed by atoms with Gasteiger partial charge in [0.1, 0.15) is 0 Å². The SMILES string of the molecule is CCNC(=O)c1ccc(NC(=O)c2oc(C)nc2C)cc1Cl. The van der Waals surface area contributed by atoms with E-state index in [2.05, 4.69) is 15.6 Å². The van der Waals surface area contributed by atoms with Gasteiger partial charge in [0.25, 0.3) is 11.8 Å². The van der Waals surface area contributed by atoms with Gasteiger partial charge in [0.2, 0.25) is 5.76 Å². The van der Waals surface area contributed by atoms with Gasteiger partial charge in [-0.15, -0.1) is 0 Å². The summed E-state index contributed by atoms with van der Waals surface area (Å²) in [5.41, 5.74) is 1.34. The molecule has 0 atom stereocenters. The quantitative estimate of drug-likeness (QED) is 0.906. The highest BCUT2D eigenvalue weighted by molar-refractivity contribution is 6.34. The van der Waals surface area contributed by atoms with E-state index < -0.39 is 5.91 Å². The zero-order valence-corrected chi connectivity index (χ0v) is 13.2. The van der Waals surface area contributed by atoms with Crippen molar-refractivity contribution < 1.29 is 14.0 Å². The number of oxazole rings is 1. The second-order valence-electron chi connectivity index (χ2n) is 4.66. The molecule has 0 saturated carbocycles. The van der Waals surface area contributed by atoms with Crippen molar-refractivity contribution in [1.29, 1.82) is 0 Å². The fourth-order valence-corrected chi connectivity index (χ4v) is 2.23. The first-order valence-electron chi connectivity index (χ1n) is 6.75. The van der Waals surface area contributed by atoms with Gasteiger partial charge in [-0.05, 0) is 32.0 Å². The van der Waals surface area contributed by atoms with Gasteiger partial charge in [0.05, 0.1) is 16.3 Å². The van der Waals surface area contributed by atoms with E-state index in [0.29, 0.717) is 29.4 Å². The molecule has 2 N–H and O–H groups in total. The normalized spacial score (nSPS) is 10.4. The molecule has 0 aliphatic heterocycles. The Bertz CT molecular complexity index is 725. The van der Waals surface area contributed by atoms with Crippen molar-refractivity contribution in [3.63, 3.8) is 0 Å². The van der Waals surface area contributed by atoms with Gasteiger partial charge in [-0.25, -0.2) is 4.98 Å². The molecule has 7 heteroatoms. The highest BCUT2D eigenvalue weighted by Gasteiger charge is 2.17. The minimum Gasteiger partial charge on any atom is -0.436 e. The molecule has 2 rings (SSSR count). The van der Waals surface area contributed by atoms with Gasteiger partial charge < -0.3 is 15.1 Å². The number of rotatable bonds is 4. The van der Waals surface area contributed by atoms with Gasteiger partial charge in [-0.3, -0.25) is 9.59 Å². The summed E-state index contributed by atoms with van der Waals surface area (Å²) in [4.78, 5) is 27.9. The van der Waals surface area contributed by atoms with E-state index in [-0.39, 0.29) is 16.7 Å². The van der Waals surface area contributed by atoms with Crippen LogP contribution in [0.5, 0.6) is 0 Å². The van der Waals surface area contributed by atoms with Crippen molar-refractivity contribution in [2.45, 2.75) is 20.8 Å². The van der Waals surface area contributed by atoms with Gasteiger partial charge in [-0.2, -0.15) is 0 Å². The van der Waals surface area contributed by atoms with Crippen molar-refractivity contribution in [3.8, 4) is 0 Å². The molecule has 2 amide bonds. The minimum atomic E-state index is -0.417. The molecule has 0 bridgehead atoms. The van der Waals surface area contributed by atoms with E-state index in [1.807, 2.05) is 6.92 Å². The number of halogens is 1. The maximum atomic E-state index is 12.1. The molecule has 22 heavy (non-hydrogen) atoms. The van der Waals surface area contributed by atoms with Gasteiger partial charge >= 0.3 is 0 Å². The first kappa shape index (κ1) is 16.0. The molecule has 1 aromatic carbocycles. The molecule has 0 radical (unpaired) electrons. The molecule has 0 aliphatic carbocycles. The third-order valence-corrected chi connectivity index (χ3v) is 3.23. The van der Waals surface area contributed by atoms with Crippen LogP contribution in [0.15, 0.2) is 22.6 Å². The molecule has 2 aromatic rings. The van der Waals surface area contributed by atoms with E-state index in [9.17, 15) is 9.59 Å². The number of hydrogen-bond acceptors (Lipinski definition) is 4. The summed E-state index contributed by atoms with van der Waals surface area (Å²) in [6, 6.07) is 4.68. The van der Waals surface area contributed by atoms with Gasteiger partial charge in [-0.1, -0.05) is 11.6 Å². The summed E-state index contributed by atoms with van der Waals surface area (Å²) >= 11 is 6.08. The third kappa shape index (κ3) is 3.46. The first-order chi connectivity index (χ1) is 10.4. The van der Waals surface area contributed by atoms with Crippen LogP contribution in [0.4, 0.5) is 5.69 Å². The Morgan fingerprint density at radius 3 is 2.55 bits per heavy atom. The largest absolute Gasteiger partial charge is 0.436 e. The Morgan fingerprint density at radius 2 is 2.00 bits per heavy atom. The van der Waals surface area contributed by atoms with Crippen molar-refractivity contribution in [2.75, 3.05) is 11.9 Å². The number of aryl methyl sites for hydroxylation is 2. The predicted octanol–water partition coefficient (Wildman–Crippen LogP) is 2.95. The second-order valence-corrected chi connectivity index (χ2v) is 5.06. The predicted molar refractivity (Wildman–Crippen MR) is 83.4 cm³/mol. The number of hydrogen-bond donors (Lipinski definition) is 2. The van der Waals surface area contributed by atoms with Crippen molar-refractivity contribution in [3.05, 3.63) is 46.1 Å². The summed E-state index contributed by atoms with van der Waals surface area (Å²) in [5.74, 6) is -0.0966. The lowest BCUT2D eigenvalue weighted by Crippen LogP contribution is -2.23. The number of amides is 2. The topological polar surface area (TPSA) is 84.2 Å². The first-order valence-corrected chi connectivity index (χ1v) is 7.13. The minimum absolute atomic E-state index is 0.154. The van der Waals surface area contributed by atoms with Crippen molar-refractivity contribution in [1.82, 2.24) is 10.3 Å². The molecule has 1 heterocycles. The summed E-state index contributed by atoms with van der Waals surface area (Å²) in [6.07, 6.45) is 0. The van der Waals surface area contributed by atoms with E-state index in [4.69, 9.17) is 16.0 Å². The molecule has 0 aliphatic rings. The van der Waals surface area contributed by atoms with Crippen LogP contribution < -0.4 is 10.6 Å². The van der Waals surface area contributed by atoms with Crippen molar-refractivity contribution in [2.24, 2.45) is 0 Å². The maximum absolute atomic E-state index is 12.1. The number of anilines is 1. The second kappa shape index (κ2) is 6.62. The number of benzene rings is 1. The Morgan fingerprint density at radius 1 is 1.27 bits per heavy atom. The van der Waals surface area contributed by atoms with Crippen molar-refractivity contribution >= 4 is 29.1 Å². The number of nitrogens with zero attached hydrogens (tertiary/aromatic N) is 1. The Balaban J connectivity index is 2.17. The molecule has 0 spiro atoms. The fraction of sp³-hybridized carbons (Fsp3) is 0.267. The molecular weight excluding hydrogens is 306 g/mol. The standard InChI is InChI=1S/C15H16ClN3O3/c1-4-17-14(20)11-6-5-10(7-12(11)16)19-15(21)13-8(2)18-9(3)22-13/h5-7H,4H2,1-3H3,(H,17,20)(H,19,21). The summed E-state index contributed by atoms with van der Waals surface area (Å²) in [5, 5.41) is 5.59. The Hall–Kier alpha value is -2.34. The molecule has 6 nitrogen and oxygen atoms in total. The van der Waals surface area contributed by atoms with E-state index >= 15 is 0 Å². The van der Waals surface area contributed by atoms with Crippen LogP contribution in [0.25, 0.3) is 0 Å². The van der Waals surface area contributed by atoms with Gasteiger partial charge in [0, 0.05) is 19.2 Å². The molecule has 0 saturated heterocycles. The lowest BCUT2D eigenvalue weighted by Gasteiger charge is -2.08. The molecule has 116 valence electrons. The summed E-state index contributed by atoms with van der Waals surface area (Å²) in [6.45, 7) is 5.69. The average molecular weight is 322 g/mol. The zero-order valence-electron chi connectivity index (χ0n) is 12.5. The summed E-state index contributed by atoms with van der Waals surface area (Å²) < 4.78 is 5.25. The Kier molecular flexibility index (Phi) is 4.82. The number of nitrogens with one attached hydrogen (secondary N) is 2. The fourth-order valence-electron chi connectivity index (χ4n) is 1.96. The average Bonchev–Trinajstić information content (AvgIpc) is 2.78. The monoisotopic (exact) mass is 321 g/mol. The van der Waals surface area contributed by atoms with E-state index in [0.717, 1.165) is 0 Å². The maximum Gasteiger partial charge on any atom is 0.293 e. The highest BCUT2D eigenvalue weighted by Crippen LogP contribution is 2.22. The molecule has 0 fully saturated rings. The lowest BCUT2D eigenvalue weighted by atomic mass is 10.2. The number of aromatic nitrogens is 1. The molecule has 1 aromatic heterocycles. The van der Waals surface area contributed by atoms with Gasteiger partial charge in [0.15, 0.2) is 5.89 Å². The number of carbonyl (C=O) groups excluding carboxylic acids is 2. The van der Waals surface area contributed by atoms with Crippen LogP contribution in [-0.4, -0.2) is 23.3 Å². The Labute approximate surface area is 132 Å². The molecule has 0 unspecified atom stereocenters. The lowest BCUT2D eigenvalue weighted by molar-refractivity contribution is 0.0955. The van der Waals surface area contributed by atoms with E-state index in [1.54, 1.807) is 26.0 Å². The molecular formula is C15H16ClN3O3. The van der Waals surface area contributed by atoms with Crippen LogP contribution in [0, 0.1) is 13.8 Å². The zero-order chi connectivity index (χ0) is 16.3. The summed E-state index contributed by atoms with van der Waals surface area (Å²) in [7, 11) is 0. The van der Waals surface area contributed by atoms with Crippen LogP contribution >= 0.6 is 11.6 Å². The van der Waals surface area contributed by atoms with E-state index in [1.165, 1.54) is 6.07 Å². The van der Waals surface area contributed by atoms with Crippen LogP contribution in [0.3, 0.4) is 0 Å². The highest BCUT2D eigenvalue weighted by atomic mass is 35.5. The smallest absolute Gasteiger partial charge is 0.293 e. The number of carbonyl (C=O) groups is 2. The van der Waals surface area contributed by atoms with Crippen LogP contribution in [0.1, 0.15) is 39.4 Å².